The highest BCUT2D eigenvalue weighted by Crippen LogP contribution is 2.38. The standard InChI is InChI=1S/C13H21N3O/c1-13(2,3)11-14-12(15-17-11)16-9-5-4-6-10(16)8-7-9/h9-10H,4-8H2,1-3H3. The van der Waals surface area contributed by atoms with Crippen molar-refractivity contribution in [3.63, 3.8) is 0 Å². The number of hydrogen-bond donors (Lipinski definition) is 0. The van der Waals surface area contributed by atoms with Gasteiger partial charge in [0.15, 0.2) is 0 Å². The van der Waals surface area contributed by atoms with Crippen LogP contribution >= 0.6 is 0 Å². The van der Waals surface area contributed by atoms with Gasteiger partial charge in [-0.15, -0.1) is 0 Å². The van der Waals surface area contributed by atoms with Gasteiger partial charge in [-0.05, 0) is 37.3 Å². The molecule has 4 heteroatoms. The molecule has 1 aromatic heterocycles. The Balaban J connectivity index is 1.87. The van der Waals surface area contributed by atoms with Crippen LogP contribution in [0.5, 0.6) is 0 Å². The predicted octanol–water partition coefficient (Wildman–Crippen LogP) is 2.89. The van der Waals surface area contributed by atoms with Gasteiger partial charge in [0.25, 0.3) is 5.95 Å². The number of fused-ring (bicyclic) bond motifs is 2. The van der Waals surface area contributed by atoms with E-state index in [0.717, 1.165) is 11.8 Å². The number of piperidine rings is 1. The van der Waals surface area contributed by atoms with Crippen LogP contribution in [-0.2, 0) is 5.41 Å². The Bertz CT molecular complexity index is 391. The summed E-state index contributed by atoms with van der Waals surface area (Å²) in [6, 6.07) is 1.30. The molecule has 4 nitrogen and oxygen atoms in total. The predicted molar refractivity (Wildman–Crippen MR) is 66.1 cm³/mol. The Morgan fingerprint density at radius 2 is 1.76 bits per heavy atom. The quantitative estimate of drug-likeness (QED) is 0.750. The van der Waals surface area contributed by atoms with E-state index in [4.69, 9.17) is 4.52 Å². The maximum Gasteiger partial charge on any atom is 0.266 e. The number of hydrogen-bond acceptors (Lipinski definition) is 4. The van der Waals surface area contributed by atoms with E-state index in [1.807, 2.05) is 0 Å². The topological polar surface area (TPSA) is 42.2 Å². The summed E-state index contributed by atoms with van der Waals surface area (Å²) in [4.78, 5) is 7.00. The third kappa shape index (κ3) is 1.83. The number of rotatable bonds is 1. The highest BCUT2D eigenvalue weighted by Gasteiger charge is 2.39. The van der Waals surface area contributed by atoms with Gasteiger partial charge in [0.2, 0.25) is 5.89 Å². The molecule has 2 saturated heterocycles. The zero-order chi connectivity index (χ0) is 12.0. The molecule has 2 unspecified atom stereocenters. The molecule has 0 aliphatic carbocycles. The Morgan fingerprint density at radius 3 is 2.29 bits per heavy atom. The lowest BCUT2D eigenvalue weighted by atomic mass is 9.97. The summed E-state index contributed by atoms with van der Waals surface area (Å²) in [7, 11) is 0. The van der Waals surface area contributed by atoms with Crippen molar-refractivity contribution in [3.05, 3.63) is 5.89 Å². The van der Waals surface area contributed by atoms with Crippen LogP contribution in [0.4, 0.5) is 5.95 Å². The summed E-state index contributed by atoms with van der Waals surface area (Å²) < 4.78 is 5.40. The first-order valence-corrected chi connectivity index (χ1v) is 6.68. The van der Waals surface area contributed by atoms with Crippen molar-refractivity contribution >= 4 is 5.95 Å². The maximum atomic E-state index is 5.40. The van der Waals surface area contributed by atoms with E-state index in [2.05, 4.69) is 35.8 Å². The van der Waals surface area contributed by atoms with Crippen LogP contribution in [0, 0.1) is 0 Å². The first-order valence-electron chi connectivity index (χ1n) is 6.68. The van der Waals surface area contributed by atoms with Gasteiger partial charge in [-0.2, -0.15) is 4.98 Å². The van der Waals surface area contributed by atoms with Crippen molar-refractivity contribution in [1.29, 1.82) is 0 Å². The van der Waals surface area contributed by atoms with Crippen LogP contribution in [0.2, 0.25) is 0 Å². The molecule has 1 aromatic rings. The van der Waals surface area contributed by atoms with Crippen LogP contribution < -0.4 is 4.90 Å². The first kappa shape index (κ1) is 11.1. The second-order valence-electron chi connectivity index (χ2n) is 6.37. The summed E-state index contributed by atoms with van der Waals surface area (Å²) in [5.74, 6) is 1.57. The first-order chi connectivity index (χ1) is 8.05. The minimum atomic E-state index is -0.0555. The molecule has 0 saturated carbocycles. The van der Waals surface area contributed by atoms with E-state index in [-0.39, 0.29) is 5.41 Å². The summed E-state index contributed by atoms with van der Waals surface area (Å²) in [5, 5.41) is 4.19. The molecule has 2 bridgehead atoms. The lowest BCUT2D eigenvalue weighted by Gasteiger charge is -2.33. The van der Waals surface area contributed by atoms with Gasteiger partial charge in [-0.25, -0.2) is 0 Å². The Kier molecular flexibility index (Phi) is 2.42. The molecule has 2 aliphatic heterocycles. The normalized spacial score (nSPS) is 28.8. The molecule has 0 amide bonds. The third-order valence-electron chi connectivity index (χ3n) is 3.98. The van der Waals surface area contributed by atoms with Crippen molar-refractivity contribution in [1.82, 2.24) is 10.1 Å². The Morgan fingerprint density at radius 1 is 1.12 bits per heavy atom. The molecular formula is C13H21N3O. The molecule has 2 fully saturated rings. The second-order valence-corrected chi connectivity index (χ2v) is 6.37. The summed E-state index contributed by atoms with van der Waals surface area (Å²) >= 11 is 0. The van der Waals surface area contributed by atoms with Crippen LogP contribution in [0.25, 0.3) is 0 Å². The molecular weight excluding hydrogens is 214 g/mol. The van der Waals surface area contributed by atoms with Gasteiger partial charge in [0.1, 0.15) is 0 Å². The molecule has 94 valence electrons. The Labute approximate surface area is 102 Å². The monoisotopic (exact) mass is 235 g/mol. The van der Waals surface area contributed by atoms with Crippen LogP contribution in [-0.4, -0.2) is 22.2 Å². The smallest absolute Gasteiger partial charge is 0.266 e. The fourth-order valence-electron chi connectivity index (χ4n) is 3.07. The number of anilines is 1. The van der Waals surface area contributed by atoms with E-state index in [1.54, 1.807) is 0 Å². The SMILES string of the molecule is CC(C)(C)c1nc(N2C3CCCC2CC3)no1. The van der Waals surface area contributed by atoms with Crippen molar-refractivity contribution < 1.29 is 4.52 Å². The Hall–Kier alpha value is -1.06. The van der Waals surface area contributed by atoms with Gasteiger partial charge < -0.3 is 9.42 Å². The highest BCUT2D eigenvalue weighted by molar-refractivity contribution is 5.36. The fourth-order valence-corrected chi connectivity index (χ4v) is 3.07. The van der Waals surface area contributed by atoms with Crippen molar-refractivity contribution in [3.8, 4) is 0 Å². The number of aromatic nitrogens is 2. The molecule has 3 heterocycles. The lowest BCUT2D eigenvalue weighted by Crippen LogP contribution is -2.40. The summed E-state index contributed by atoms with van der Waals surface area (Å²) in [5.41, 5.74) is -0.0555. The minimum absolute atomic E-state index is 0.0555. The zero-order valence-corrected chi connectivity index (χ0v) is 10.9. The molecule has 3 rings (SSSR count). The van der Waals surface area contributed by atoms with Gasteiger partial charge in [-0.3, -0.25) is 0 Å². The number of nitrogens with zero attached hydrogens (tertiary/aromatic N) is 3. The molecule has 2 aliphatic rings. The van der Waals surface area contributed by atoms with E-state index in [9.17, 15) is 0 Å². The van der Waals surface area contributed by atoms with Crippen molar-refractivity contribution in [2.45, 2.75) is 70.4 Å². The van der Waals surface area contributed by atoms with Gasteiger partial charge in [-0.1, -0.05) is 20.8 Å². The van der Waals surface area contributed by atoms with Crippen LogP contribution in [0.15, 0.2) is 4.52 Å². The summed E-state index contributed by atoms with van der Waals surface area (Å²) in [6.45, 7) is 6.32. The average molecular weight is 235 g/mol. The van der Waals surface area contributed by atoms with Gasteiger partial charge in [0, 0.05) is 17.5 Å². The van der Waals surface area contributed by atoms with E-state index in [1.165, 1.54) is 32.1 Å². The third-order valence-corrected chi connectivity index (χ3v) is 3.98. The van der Waals surface area contributed by atoms with Gasteiger partial charge >= 0.3 is 0 Å². The zero-order valence-electron chi connectivity index (χ0n) is 10.9. The highest BCUT2D eigenvalue weighted by atomic mass is 16.5. The molecule has 0 spiro atoms. The summed E-state index contributed by atoms with van der Waals surface area (Å²) in [6.07, 6.45) is 6.52. The molecule has 2 atom stereocenters. The van der Waals surface area contributed by atoms with Crippen molar-refractivity contribution in [2.24, 2.45) is 0 Å². The van der Waals surface area contributed by atoms with Gasteiger partial charge in [0.05, 0.1) is 0 Å². The largest absolute Gasteiger partial charge is 0.337 e. The minimum Gasteiger partial charge on any atom is -0.337 e. The van der Waals surface area contributed by atoms with E-state index < -0.39 is 0 Å². The fraction of sp³-hybridized carbons (Fsp3) is 0.846. The van der Waals surface area contributed by atoms with Crippen molar-refractivity contribution in [2.75, 3.05) is 4.90 Å². The van der Waals surface area contributed by atoms with E-state index >= 15 is 0 Å². The molecule has 0 aromatic carbocycles. The lowest BCUT2D eigenvalue weighted by molar-refractivity contribution is 0.319. The second kappa shape index (κ2) is 3.72. The van der Waals surface area contributed by atoms with Crippen LogP contribution in [0.1, 0.15) is 58.8 Å². The average Bonchev–Trinajstić information content (AvgIpc) is 2.80. The van der Waals surface area contributed by atoms with Crippen LogP contribution in [0.3, 0.4) is 0 Å². The maximum absolute atomic E-state index is 5.40. The van der Waals surface area contributed by atoms with E-state index in [0.29, 0.717) is 12.1 Å². The molecule has 0 N–H and O–H groups in total. The molecule has 0 radical (unpaired) electrons. The molecule has 17 heavy (non-hydrogen) atoms.